The number of hydrogen-bond acceptors (Lipinski definition) is 5. The standard InChI is InChI=1S/C22H20N4S/c1-3-8-16(9-4-1)18-15-27-22-19(18)21(26-12-5-2-6-13-26)24-20(25-22)17-10-7-11-23-14-17/h1,3-4,7-11,14-15H,2,5-6,12-13H2. The van der Waals surface area contributed by atoms with E-state index in [2.05, 4.69) is 45.6 Å². The summed E-state index contributed by atoms with van der Waals surface area (Å²) in [4.78, 5) is 17.7. The smallest absolute Gasteiger partial charge is 0.164 e. The van der Waals surface area contributed by atoms with E-state index in [1.807, 2.05) is 18.3 Å². The van der Waals surface area contributed by atoms with E-state index in [1.165, 1.54) is 35.8 Å². The average Bonchev–Trinajstić information content (AvgIpc) is 3.19. The Bertz CT molecular complexity index is 1050. The predicted molar refractivity (Wildman–Crippen MR) is 112 cm³/mol. The zero-order chi connectivity index (χ0) is 18.1. The molecule has 0 spiro atoms. The van der Waals surface area contributed by atoms with Crippen LogP contribution in [0.1, 0.15) is 19.3 Å². The van der Waals surface area contributed by atoms with Crippen molar-refractivity contribution in [2.45, 2.75) is 19.3 Å². The molecule has 1 aromatic carbocycles. The highest BCUT2D eigenvalue weighted by molar-refractivity contribution is 7.17. The Morgan fingerprint density at radius 1 is 0.852 bits per heavy atom. The minimum absolute atomic E-state index is 0.762. The van der Waals surface area contributed by atoms with Crippen LogP contribution in [0.5, 0.6) is 0 Å². The van der Waals surface area contributed by atoms with Crippen LogP contribution in [-0.2, 0) is 0 Å². The highest BCUT2D eigenvalue weighted by atomic mass is 32.1. The van der Waals surface area contributed by atoms with Gasteiger partial charge in [-0.15, -0.1) is 11.3 Å². The molecule has 0 bridgehead atoms. The Morgan fingerprint density at radius 3 is 2.44 bits per heavy atom. The third-order valence-electron chi connectivity index (χ3n) is 5.07. The number of aromatic nitrogens is 3. The van der Waals surface area contributed by atoms with Crippen LogP contribution in [0, 0.1) is 0 Å². The van der Waals surface area contributed by atoms with Gasteiger partial charge >= 0.3 is 0 Å². The second kappa shape index (κ2) is 7.08. The first-order valence-corrected chi connectivity index (χ1v) is 10.3. The number of nitrogens with zero attached hydrogens (tertiary/aromatic N) is 4. The molecular formula is C22H20N4S. The van der Waals surface area contributed by atoms with E-state index in [0.29, 0.717) is 0 Å². The Kier molecular flexibility index (Phi) is 4.30. The van der Waals surface area contributed by atoms with Crippen LogP contribution in [0.4, 0.5) is 5.82 Å². The van der Waals surface area contributed by atoms with E-state index in [4.69, 9.17) is 9.97 Å². The lowest BCUT2D eigenvalue weighted by atomic mass is 10.0. The molecule has 4 heterocycles. The van der Waals surface area contributed by atoms with Crippen LogP contribution >= 0.6 is 11.3 Å². The first-order valence-electron chi connectivity index (χ1n) is 9.40. The van der Waals surface area contributed by atoms with Crippen LogP contribution in [0.25, 0.3) is 32.7 Å². The van der Waals surface area contributed by atoms with Crippen molar-refractivity contribution < 1.29 is 0 Å². The molecule has 0 radical (unpaired) electrons. The monoisotopic (exact) mass is 372 g/mol. The molecule has 27 heavy (non-hydrogen) atoms. The lowest BCUT2D eigenvalue weighted by molar-refractivity contribution is 0.575. The number of thiophene rings is 1. The number of hydrogen-bond donors (Lipinski definition) is 0. The molecule has 5 rings (SSSR count). The van der Waals surface area contributed by atoms with Crippen molar-refractivity contribution in [3.05, 3.63) is 60.2 Å². The molecular weight excluding hydrogens is 352 g/mol. The van der Waals surface area contributed by atoms with E-state index in [9.17, 15) is 0 Å². The fraction of sp³-hybridized carbons (Fsp3) is 0.227. The first kappa shape index (κ1) is 16.4. The Labute approximate surface area is 162 Å². The minimum atomic E-state index is 0.762. The predicted octanol–water partition coefficient (Wildman–Crippen LogP) is 5.41. The number of anilines is 1. The van der Waals surface area contributed by atoms with Crippen LogP contribution < -0.4 is 4.90 Å². The van der Waals surface area contributed by atoms with Gasteiger partial charge in [0.05, 0.1) is 5.39 Å². The van der Waals surface area contributed by atoms with Crippen LogP contribution in [-0.4, -0.2) is 28.0 Å². The summed E-state index contributed by atoms with van der Waals surface area (Å²) in [5.74, 6) is 1.83. The fourth-order valence-electron chi connectivity index (χ4n) is 3.71. The molecule has 1 saturated heterocycles. The molecule has 0 aliphatic carbocycles. The molecule has 1 aliphatic rings. The summed E-state index contributed by atoms with van der Waals surface area (Å²) in [6.45, 7) is 2.12. The SMILES string of the molecule is c1ccc(-c2csc3nc(-c4cccnc4)nc(N4CCCCC4)c23)cc1. The van der Waals surface area contributed by atoms with Crippen molar-refractivity contribution in [3.63, 3.8) is 0 Å². The number of pyridine rings is 1. The molecule has 0 amide bonds. The Balaban J connectivity index is 1.74. The molecule has 4 aromatic rings. The number of piperidine rings is 1. The molecule has 3 aromatic heterocycles. The largest absolute Gasteiger partial charge is 0.356 e. The summed E-state index contributed by atoms with van der Waals surface area (Å²) in [6, 6.07) is 14.5. The Hall–Kier alpha value is -2.79. The zero-order valence-corrected chi connectivity index (χ0v) is 15.8. The molecule has 0 N–H and O–H groups in total. The fourth-order valence-corrected chi connectivity index (χ4v) is 4.65. The van der Waals surface area contributed by atoms with E-state index >= 15 is 0 Å². The van der Waals surface area contributed by atoms with Crippen LogP contribution in [0.3, 0.4) is 0 Å². The maximum Gasteiger partial charge on any atom is 0.164 e. The molecule has 0 saturated carbocycles. The quantitative estimate of drug-likeness (QED) is 0.482. The first-order chi connectivity index (χ1) is 13.4. The number of benzene rings is 1. The topological polar surface area (TPSA) is 41.9 Å². The molecule has 1 aliphatic heterocycles. The second-order valence-corrected chi connectivity index (χ2v) is 7.71. The van der Waals surface area contributed by atoms with Crippen molar-refractivity contribution in [1.82, 2.24) is 15.0 Å². The Morgan fingerprint density at radius 2 is 1.67 bits per heavy atom. The molecule has 4 nitrogen and oxygen atoms in total. The summed E-state index contributed by atoms with van der Waals surface area (Å²) in [7, 11) is 0. The highest BCUT2D eigenvalue weighted by Crippen LogP contribution is 2.40. The second-order valence-electron chi connectivity index (χ2n) is 6.86. The average molecular weight is 372 g/mol. The van der Waals surface area contributed by atoms with E-state index in [-0.39, 0.29) is 0 Å². The molecule has 1 fully saturated rings. The van der Waals surface area contributed by atoms with Gasteiger partial charge in [0.2, 0.25) is 0 Å². The van der Waals surface area contributed by atoms with Gasteiger partial charge in [0.15, 0.2) is 5.82 Å². The van der Waals surface area contributed by atoms with Gasteiger partial charge in [0, 0.05) is 42.0 Å². The van der Waals surface area contributed by atoms with Gasteiger partial charge in [0.25, 0.3) is 0 Å². The third-order valence-corrected chi connectivity index (χ3v) is 5.95. The molecule has 0 unspecified atom stereocenters. The summed E-state index contributed by atoms with van der Waals surface area (Å²) in [6.07, 6.45) is 7.37. The lowest BCUT2D eigenvalue weighted by Crippen LogP contribution is -2.30. The van der Waals surface area contributed by atoms with Crippen LogP contribution in [0.2, 0.25) is 0 Å². The minimum Gasteiger partial charge on any atom is -0.356 e. The summed E-state index contributed by atoms with van der Waals surface area (Å²) in [5, 5.41) is 3.40. The maximum absolute atomic E-state index is 5.03. The van der Waals surface area contributed by atoms with Crippen molar-refractivity contribution in [3.8, 4) is 22.5 Å². The van der Waals surface area contributed by atoms with E-state index < -0.39 is 0 Å². The van der Waals surface area contributed by atoms with Crippen molar-refractivity contribution >= 4 is 27.4 Å². The molecule has 0 atom stereocenters. The summed E-state index contributed by atoms with van der Waals surface area (Å²) in [5.41, 5.74) is 3.42. The van der Waals surface area contributed by atoms with Crippen molar-refractivity contribution in [2.75, 3.05) is 18.0 Å². The number of fused-ring (bicyclic) bond motifs is 1. The lowest BCUT2D eigenvalue weighted by Gasteiger charge is -2.28. The van der Waals surface area contributed by atoms with Gasteiger partial charge in [-0.05, 0) is 37.0 Å². The third kappa shape index (κ3) is 3.08. The van der Waals surface area contributed by atoms with Crippen molar-refractivity contribution in [2.24, 2.45) is 0 Å². The highest BCUT2D eigenvalue weighted by Gasteiger charge is 2.21. The van der Waals surface area contributed by atoms with Crippen LogP contribution in [0.15, 0.2) is 60.2 Å². The molecule has 5 heteroatoms. The zero-order valence-electron chi connectivity index (χ0n) is 15.0. The normalized spacial score (nSPS) is 14.6. The van der Waals surface area contributed by atoms with E-state index in [1.54, 1.807) is 17.5 Å². The van der Waals surface area contributed by atoms with E-state index in [0.717, 1.165) is 35.1 Å². The summed E-state index contributed by atoms with van der Waals surface area (Å²) < 4.78 is 0. The van der Waals surface area contributed by atoms with Gasteiger partial charge in [0.1, 0.15) is 10.6 Å². The van der Waals surface area contributed by atoms with Gasteiger partial charge < -0.3 is 4.90 Å². The number of rotatable bonds is 3. The van der Waals surface area contributed by atoms with Gasteiger partial charge in [-0.25, -0.2) is 9.97 Å². The van der Waals surface area contributed by atoms with Gasteiger partial charge in [-0.2, -0.15) is 0 Å². The van der Waals surface area contributed by atoms with Gasteiger partial charge in [-0.1, -0.05) is 30.3 Å². The summed E-state index contributed by atoms with van der Waals surface area (Å²) >= 11 is 1.70. The van der Waals surface area contributed by atoms with Crippen molar-refractivity contribution in [1.29, 1.82) is 0 Å². The van der Waals surface area contributed by atoms with Gasteiger partial charge in [-0.3, -0.25) is 4.98 Å². The molecule has 134 valence electrons. The maximum atomic E-state index is 5.03.